The molecule has 0 aliphatic carbocycles. The molecule has 4 nitrogen and oxygen atoms in total. The van der Waals surface area contributed by atoms with Gasteiger partial charge < -0.3 is 4.74 Å². The van der Waals surface area contributed by atoms with E-state index in [0.29, 0.717) is 34.6 Å². The SMILES string of the molecule is O=S1(=O)C(CN2CCOCC2)=Cc2ccc(Cl)cc21. The molecule has 1 saturated heterocycles. The third-order valence-electron chi connectivity index (χ3n) is 3.41. The molecule has 0 unspecified atom stereocenters. The van der Waals surface area contributed by atoms with E-state index >= 15 is 0 Å². The first kappa shape index (κ1) is 13.1. The number of rotatable bonds is 2. The molecule has 0 aromatic heterocycles. The topological polar surface area (TPSA) is 46.6 Å². The summed E-state index contributed by atoms with van der Waals surface area (Å²) in [7, 11) is -3.37. The van der Waals surface area contributed by atoms with E-state index in [2.05, 4.69) is 4.90 Å². The van der Waals surface area contributed by atoms with Crippen molar-refractivity contribution in [3.63, 3.8) is 0 Å². The highest BCUT2D eigenvalue weighted by molar-refractivity contribution is 7.95. The molecule has 1 aromatic rings. The predicted molar refractivity (Wildman–Crippen MR) is 73.9 cm³/mol. The lowest BCUT2D eigenvalue weighted by Crippen LogP contribution is -2.38. The lowest BCUT2D eigenvalue weighted by Gasteiger charge is -2.26. The summed E-state index contributed by atoms with van der Waals surface area (Å²) in [4.78, 5) is 2.87. The molecule has 3 rings (SSSR count). The normalized spacial score (nSPS) is 22.1. The average Bonchev–Trinajstić information content (AvgIpc) is 2.63. The molecule has 6 heteroatoms. The Balaban J connectivity index is 1.88. The summed E-state index contributed by atoms with van der Waals surface area (Å²) in [5.41, 5.74) is 0.729. The number of morpholine rings is 1. The molecule has 2 aliphatic heterocycles. The highest BCUT2D eigenvalue weighted by atomic mass is 35.5. The van der Waals surface area contributed by atoms with Crippen LogP contribution in [0.5, 0.6) is 0 Å². The molecule has 0 bridgehead atoms. The van der Waals surface area contributed by atoms with E-state index in [1.807, 2.05) is 0 Å². The molecule has 0 saturated carbocycles. The molecule has 1 fully saturated rings. The van der Waals surface area contributed by atoms with Crippen molar-refractivity contribution in [3.05, 3.63) is 33.7 Å². The third kappa shape index (κ3) is 2.43. The molecule has 1 aromatic carbocycles. The van der Waals surface area contributed by atoms with E-state index in [1.54, 1.807) is 18.2 Å². The second-order valence-electron chi connectivity index (χ2n) is 4.68. The maximum atomic E-state index is 12.4. The van der Waals surface area contributed by atoms with Gasteiger partial charge in [0, 0.05) is 24.7 Å². The molecular formula is C13H14ClNO3S. The van der Waals surface area contributed by atoms with Gasteiger partial charge in [0.1, 0.15) is 0 Å². The Bertz CT molecular complexity index is 633. The summed E-state index contributed by atoms with van der Waals surface area (Å²) in [5, 5.41) is 0.448. The van der Waals surface area contributed by atoms with Crippen molar-refractivity contribution >= 4 is 27.5 Å². The van der Waals surface area contributed by atoms with Gasteiger partial charge in [-0.2, -0.15) is 0 Å². The van der Waals surface area contributed by atoms with Crippen LogP contribution in [0.3, 0.4) is 0 Å². The Morgan fingerprint density at radius 3 is 2.74 bits per heavy atom. The fraction of sp³-hybridized carbons (Fsp3) is 0.385. The number of hydrogen-bond acceptors (Lipinski definition) is 4. The van der Waals surface area contributed by atoms with Crippen molar-refractivity contribution in [1.29, 1.82) is 0 Å². The van der Waals surface area contributed by atoms with Crippen molar-refractivity contribution in [2.75, 3.05) is 32.8 Å². The first-order valence-electron chi connectivity index (χ1n) is 6.13. The van der Waals surface area contributed by atoms with Crippen LogP contribution in [-0.4, -0.2) is 46.2 Å². The zero-order valence-electron chi connectivity index (χ0n) is 10.3. The van der Waals surface area contributed by atoms with Gasteiger partial charge in [-0.15, -0.1) is 0 Å². The van der Waals surface area contributed by atoms with E-state index in [-0.39, 0.29) is 0 Å². The summed E-state index contributed by atoms with van der Waals surface area (Å²) < 4.78 is 30.1. The number of fused-ring (bicyclic) bond motifs is 1. The molecule has 2 aliphatic rings. The minimum atomic E-state index is -3.37. The van der Waals surface area contributed by atoms with Crippen LogP contribution in [0.4, 0.5) is 0 Å². The van der Waals surface area contributed by atoms with Crippen LogP contribution in [0.1, 0.15) is 5.56 Å². The van der Waals surface area contributed by atoms with Gasteiger partial charge in [-0.3, -0.25) is 4.90 Å². The van der Waals surface area contributed by atoms with E-state index in [1.165, 1.54) is 6.07 Å². The second-order valence-corrected chi connectivity index (χ2v) is 7.09. The fourth-order valence-corrected chi connectivity index (χ4v) is 4.24. The Labute approximate surface area is 117 Å². The van der Waals surface area contributed by atoms with Crippen LogP contribution < -0.4 is 0 Å². The molecule has 102 valence electrons. The van der Waals surface area contributed by atoms with Crippen LogP contribution in [0.25, 0.3) is 6.08 Å². The van der Waals surface area contributed by atoms with E-state index in [9.17, 15) is 8.42 Å². The third-order valence-corrected chi connectivity index (χ3v) is 5.51. The quantitative estimate of drug-likeness (QED) is 0.835. The number of sulfone groups is 1. The monoisotopic (exact) mass is 299 g/mol. The zero-order valence-corrected chi connectivity index (χ0v) is 11.9. The van der Waals surface area contributed by atoms with Gasteiger partial charge in [0.2, 0.25) is 9.84 Å². The Morgan fingerprint density at radius 2 is 2.00 bits per heavy atom. The lowest BCUT2D eigenvalue weighted by atomic mass is 10.2. The zero-order chi connectivity index (χ0) is 13.5. The van der Waals surface area contributed by atoms with E-state index in [4.69, 9.17) is 16.3 Å². The number of nitrogens with zero attached hydrogens (tertiary/aromatic N) is 1. The van der Waals surface area contributed by atoms with Crippen molar-refractivity contribution < 1.29 is 13.2 Å². The predicted octanol–water partition coefficient (Wildman–Crippen LogP) is 1.80. The Morgan fingerprint density at radius 1 is 1.26 bits per heavy atom. The van der Waals surface area contributed by atoms with Gasteiger partial charge in [0.15, 0.2) is 0 Å². The number of hydrogen-bond donors (Lipinski definition) is 0. The van der Waals surface area contributed by atoms with Crippen LogP contribution >= 0.6 is 11.6 Å². The lowest BCUT2D eigenvalue weighted by molar-refractivity contribution is 0.0430. The van der Waals surface area contributed by atoms with Crippen molar-refractivity contribution in [3.8, 4) is 0 Å². The van der Waals surface area contributed by atoms with Crippen LogP contribution in [0.15, 0.2) is 28.0 Å². The van der Waals surface area contributed by atoms with Crippen LogP contribution in [0, 0.1) is 0 Å². The van der Waals surface area contributed by atoms with Gasteiger partial charge >= 0.3 is 0 Å². The molecule has 2 heterocycles. The Hall–Kier alpha value is -0.880. The highest BCUT2D eigenvalue weighted by Crippen LogP contribution is 2.34. The second kappa shape index (κ2) is 4.90. The molecule has 0 amide bonds. The summed E-state index contributed by atoms with van der Waals surface area (Å²) in [5.74, 6) is 0. The average molecular weight is 300 g/mol. The van der Waals surface area contributed by atoms with Gasteiger partial charge in [0.25, 0.3) is 0 Å². The summed E-state index contributed by atoms with van der Waals surface area (Å²) in [6.07, 6.45) is 1.75. The number of benzene rings is 1. The maximum absolute atomic E-state index is 12.4. The molecule has 19 heavy (non-hydrogen) atoms. The maximum Gasteiger partial charge on any atom is 0.204 e. The first-order chi connectivity index (χ1) is 9.07. The molecule has 0 N–H and O–H groups in total. The standard InChI is InChI=1S/C13H14ClNO3S/c14-11-2-1-10-7-12(19(16,17)13(10)8-11)9-15-3-5-18-6-4-15/h1-2,7-8H,3-6,9H2. The summed E-state index contributed by atoms with van der Waals surface area (Å²) >= 11 is 5.88. The Kier molecular flexibility index (Phi) is 3.39. The van der Waals surface area contributed by atoms with Gasteiger partial charge in [-0.25, -0.2) is 8.42 Å². The molecule has 0 atom stereocenters. The molecule has 0 spiro atoms. The number of halogens is 1. The van der Waals surface area contributed by atoms with E-state index in [0.717, 1.165) is 18.7 Å². The first-order valence-corrected chi connectivity index (χ1v) is 7.99. The fourth-order valence-electron chi connectivity index (χ4n) is 2.36. The van der Waals surface area contributed by atoms with Crippen LogP contribution in [0.2, 0.25) is 5.02 Å². The van der Waals surface area contributed by atoms with E-state index < -0.39 is 9.84 Å². The molecular weight excluding hydrogens is 286 g/mol. The van der Waals surface area contributed by atoms with Gasteiger partial charge in [-0.1, -0.05) is 17.7 Å². The number of ether oxygens (including phenoxy) is 1. The van der Waals surface area contributed by atoms with Gasteiger partial charge in [0.05, 0.1) is 23.0 Å². The summed E-state index contributed by atoms with van der Waals surface area (Å²) in [6.45, 7) is 3.30. The molecule has 0 radical (unpaired) electrons. The van der Waals surface area contributed by atoms with Crippen molar-refractivity contribution in [2.45, 2.75) is 4.90 Å². The smallest absolute Gasteiger partial charge is 0.204 e. The van der Waals surface area contributed by atoms with Crippen molar-refractivity contribution in [1.82, 2.24) is 4.90 Å². The largest absolute Gasteiger partial charge is 0.379 e. The van der Waals surface area contributed by atoms with Gasteiger partial charge in [-0.05, 0) is 23.8 Å². The highest BCUT2D eigenvalue weighted by Gasteiger charge is 2.31. The minimum Gasteiger partial charge on any atom is -0.379 e. The minimum absolute atomic E-state index is 0.322. The summed E-state index contributed by atoms with van der Waals surface area (Å²) in [6, 6.07) is 4.99. The van der Waals surface area contributed by atoms with Crippen molar-refractivity contribution in [2.24, 2.45) is 0 Å². The van der Waals surface area contributed by atoms with Crippen LogP contribution in [-0.2, 0) is 14.6 Å².